The van der Waals surface area contributed by atoms with Gasteiger partial charge in [0.2, 0.25) is 0 Å². The summed E-state index contributed by atoms with van der Waals surface area (Å²) < 4.78 is 199. The number of halogens is 15. The maximum Gasteiger partial charge on any atom is 0.183 e. The molecule has 0 amide bonds. The summed E-state index contributed by atoms with van der Waals surface area (Å²) in [4.78, 5) is 0. The van der Waals surface area contributed by atoms with E-state index < -0.39 is 136 Å². The zero-order chi connectivity index (χ0) is 66.5. The molecule has 0 unspecified atom stereocenters. The summed E-state index contributed by atoms with van der Waals surface area (Å²) >= 11 is 11.4. The van der Waals surface area contributed by atoms with Crippen LogP contribution in [0.4, 0.5) is 57.1 Å². The standard InChI is InChI=1S/C11H11ClF3NO.C11H12ClF2NO.2C11H12F3NO.C11H13F2NO.C9H11NO/c12-7-2-1-6-8(16)3-11(4-13,5-14)17-10(6)9(7)15;12-7-1-2-8-9(15)4-11(5-13,6-14)16-10(8)3-7;12-5-11(6-13)4-9(15)8-3-7(14)1-2-10(8)16-11;12-5-11(6-13)4-9(15)8-2-1-7(14)3-10(8)16-11;12-6-11(7-13)5-9(14)8-3-1-2-4-10(8)15-11;10-8-5-6-11-9-4-2-1-3-7(8)9/h1-2,8H,3-5,16H2;3*1-3,9H,4-6,15H2;1-4,9H,5-7,14H2;1-4,8H,5-6,10H2/t8-;4*9-;8-/m111111/s1. The lowest BCUT2D eigenvalue weighted by Crippen LogP contribution is -2.47. The third-order valence-corrected chi connectivity index (χ3v) is 16.5. The van der Waals surface area contributed by atoms with E-state index in [1.807, 2.05) is 36.4 Å². The average molecular weight is 1340 g/mol. The van der Waals surface area contributed by atoms with Crippen molar-refractivity contribution in [3.63, 3.8) is 0 Å². The number of rotatable bonds is 10. The molecule has 6 aliphatic heterocycles. The van der Waals surface area contributed by atoms with Crippen LogP contribution in [-0.4, -0.2) is 101 Å². The van der Waals surface area contributed by atoms with Gasteiger partial charge < -0.3 is 62.8 Å². The van der Waals surface area contributed by atoms with Crippen molar-refractivity contribution in [2.75, 3.05) is 73.4 Å². The summed E-state index contributed by atoms with van der Waals surface area (Å²) in [5.74, 6) is 0.186. The molecule has 12 rings (SSSR count). The molecule has 6 aliphatic rings. The van der Waals surface area contributed by atoms with E-state index >= 15 is 0 Å². The lowest BCUT2D eigenvalue weighted by Gasteiger charge is -2.37. The number of hydrogen-bond acceptors (Lipinski definition) is 12. The third kappa shape index (κ3) is 16.9. The first-order valence-electron chi connectivity index (χ1n) is 28.7. The number of nitrogens with two attached hydrogens (primary N) is 6. The Morgan fingerprint density at radius 2 is 0.703 bits per heavy atom. The quantitative estimate of drug-likeness (QED) is 0.0708. The van der Waals surface area contributed by atoms with Crippen molar-refractivity contribution in [3.8, 4) is 34.5 Å². The molecule has 0 saturated carbocycles. The first-order valence-corrected chi connectivity index (χ1v) is 29.4. The van der Waals surface area contributed by atoms with E-state index in [2.05, 4.69) is 0 Å². The Balaban J connectivity index is 0.000000156. The molecule has 0 spiro atoms. The minimum absolute atomic E-state index is 0.0104. The lowest BCUT2D eigenvalue weighted by atomic mass is 9.89. The highest BCUT2D eigenvalue weighted by Gasteiger charge is 2.45. The Bertz CT molecular complexity index is 3280. The van der Waals surface area contributed by atoms with Gasteiger partial charge in [-0.05, 0) is 54.6 Å². The number of benzene rings is 6. The Labute approximate surface area is 527 Å². The van der Waals surface area contributed by atoms with Gasteiger partial charge >= 0.3 is 0 Å². The molecule has 0 fully saturated rings. The molecule has 27 heteroatoms. The van der Waals surface area contributed by atoms with Crippen molar-refractivity contribution in [1.82, 2.24) is 0 Å². The van der Waals surface area contributed by atoms with Gasteiger partial charge in [0.05, 0.1) is 11.6 Å². The fraction of sp³-hybridized carbons (Fsp3) is 0.438. The second-order valence-corrected chi connectivity index (χ2v) is 23.8. The Morgan fingerprint density at radius 1 is 0.352 bits per heavy atom. The van der Waals surface area contributed by atoms with Gasteiger partial charge in [-0.25, -0.2) is 57.1 Å². The molecule has 0 aliphatic carbocycles. The molecule has 0 aromatic heterocycles. The van der Waals surface area contributed by atoms with Crippen LogP contribution in [0.2, 0.25) is 10.0 Å². The normalized spacial score (nSPS) is 22.3. The van der Waals surface area contributed by atoms with Crippen molar-refractivity contribution < 1.29 is 85.5 Å². The highest BCUT2D eigenvalue weighted by molar-refractivity contribution is 6.31. The molecule has 0 saturated heterocycles. The molecular formula is C64H71Cl2F13N6O6. The van der Waals surface area contributed by atoms with Crippen molar-refractivity contribution >= 4 is 23.2 Å². The van der Waals surface area contributed by atoms with Crippen LogP contribution < -0.4 is 62.8 Å². The second kappa shape index (κ2) is 31.4. The minimum Gasteiger partial charge on any atom is -0.493 e. The highest BCUT2D eigenvalue weighted by Crippen LogP contribution is 2.45. The largest absolute Gasteiger partial charge is 0.493 e. The molecule has 6 aromatic carbocycles. The number of fused-ring (bicyclic) bond motifs is 6. The zero-order valence-corrected chi connectivity index (χ0v) is 50.5. The Morgan fingerprint density at radius 3 is 1.19 bits per heavy atom. The summed E-state index contributed by atoms with van der Waals surface area (Å²) in [7, 11) is 0. The average Bonchev–Trinajstić information content (AvgIpc) is 0.927. The fourth-order valence-electron chi connectivity index (χ4n) is 10.8. The van der Waals surface area contributed by atoms with Gasteiger partial charge in [-0.15, -0.1) is 0 Å². The molecule has 6 heterocycles. The zero-order valence-electron chi connectivity index (χ0n) is 49.0. The SMILES string of the molecule is N[C@@H]1CC(CF)(CF)Oc2c1ccc(Cl)c2F.N[C@@H]1CC(CF)(CF)Oc2cc(Cl)ccc21.N[C@@H]1CC(CF)(CF)Oc2cc(F)ccc21.N[C@@H]1CC(CF)(CF)Oc2ccc(F)cc21.N[C@@H]1CC(CF)(CF)Oc2ccccc21.N[C@@H]1CCOc2ccccc21. The van der Waals surface area contributed by atoms with Gasteiger partial charge in [-0.1, -0.05) is 77.8 Å². The van der Waals surface area contributed by atoms with Gasteiger partial charge in [-0.3, -0.25) is 0 Å². The van der Waals surface area contributed by atoms with Crippen LogP contribution in [0.1, 0.15) is 108 Å². The smallest absolute Gasteiger partial charge is 0.183 e. The van der Waals surface area contributed by atoms with E-state index in [1.165, 1.54) is 48.5 Å². The van der Waals surface area contributed by atoms with Gasteiger partial charge in [0.25, 0.3) is 0 Å². The molecular weight excluding hydrogens is 1270 g/mol. The van der Waals surface area contributed by atoms with Gasteiger partial charge in [0.1, 0.15) is 107 Å². The van der Waals surface area contributed by atoms with Crippen LogP contribution in [-0.2, 0) is 0 Å². The number of alkyl halides is 10. The summed E-state index contributed by atoms with van der Waals surface area (Å²) in [6.07, 6.45) is 1.27. The van der Waals surface area contributed by atoms with Crippen LogP contribution in [0, 0.1) is 17.5 Å². The van der Waals surface area contributed by atoms with Gasteiger partial charge in [0.15, 0.2) is 39.6 Å². The summed E-state index contributed by atoms with van der Waals surface area (Å²) in [5.41, 5.74) is 31.4. The first-order chi connectivity index (χ1) is 43.4. The number of hydrogen-bond donors (Lipinski definition) is 6. The maximum atomic E-state index is 13.7. The minimum atomic E-state index is -1.70. The molecule has 12 N–H and O–H groups in total. The third-order valence-electron chi connectivity index (χ3n) is 15.9. The van der Waals surface area contributed by atoms with Crippen molar-refractivity contribution in [2.45, 2.75) is 103 Å². The van der Waals surface area contributed by atoms with E-state index in [9.17, 15) is 57.1 Å². The van der Waals surface area contributed by atoms with E-state index in [0.717, 1.165) is 41.5 Å². The van der Waals surface area contributed by atoms with Crippen LogP contribution in [0.5, 0.6) is 34.5 Å². The van der Waals surface area contributed by atoms with Crippen LogP contribution in [0.25, 0.3) is 0 Å². The molecule has 12 nitrogen and oxygen atoms in total. The Hall–Kier alpha value is -6.45. The van der Waals surface area contributed by atoms with Crippen LogP contribution >= 0.6 is 23.2 Å². The van der Waals surface area contributed by atoms with E-state index in [1.54, 1.807) is 24.3 Å². The topological polar surface area (TPSA) is 212 Å². The monoisotopic (exact) mass is 1340 g/mol. The molecule has 6 aromatic rings. The molecule has 0 radical (unpaired) electrons. The van der Waals surface area contributed by atoms with E-state index in [-0.39, 0.29) is 66.5 Å². The Kier molecular flexibility index (Phi) is 24.9. The lowest BCUT2D eigenvalue weighted by molar-refractivity contribution is -0.0110. The van der Waals surface area contributed by atoms with Crippen LogP contribution in [0.3, 0.4) is 0 Å². The summed E-state index contributed by atoms with van der Waals surface area (Å²) in [6, 6.07) is 28.0. The summed E-state index contributed by atoms with van der Waals surface area (Å²) in [5, 5.41) is 0.295. The fourth-order valence-corrected chi connectivity index (χ4v) is 11.1. The van der Waals surface area contributed by atoms with Crippen molar-refractivity contribution in [3.05, 3.63) is 176 Å². The number of ether oxygens (including phenoxy) is 6. The van der Waals surface area contributed by atoms with Gasteiger partial charge in [0, 0.05) is 119 Å². The predicted octanol–water partition coefficient (Wildman–Crippen LogP) is 13.9. The van der Waals surface area contributed by atoms with Crippen molar-refractivity contribution in [2.24, 2.45) is 34.4 Å². The van der Waals surface area contributed by atoms with Crippen LogP contribution in [0.15, 0.2) is 115 Å². The maximum absolute atomic E-state index is 13.7. The second-order valence-electron chi connectivity index (χ2n) is 23.0. The predicted molar refractivity (Wildman–Crippen MR) is 320 cm³/mol. The van der Waals surface area contributed by atoms with E-state index in [4.69, 9.17) is 86.0 Å². The molecule has 6 atom stereocenters. The molecule has 91 heavy (non-hydrogen) atoms. The first kappa shape index (κ1) is 72.0. The molecule has 498 valence electrons. The highest BCUT2D eigenvalue weighted by atomic mass is 35.5. The number of para-hydroxylation sites is 2. The van der Waals surface area contributed by atoms with Gasteiger partial charge in [-0.2, -0.15) is 0 Å². The van der Waals surface area contributed by atoms with E-state index in [0.29, 0.717) is 33.2 Å². The van der Waals surface area contributed by atoms with Crippen molar-refractivity contribution in [1.29, 1.82) is 0 Å². The molecule has 0 bridgehead atoms. The summed E-state index contributed by atoms with van der Waals surface area (Å²) in [6.45, 7) is -8.75.